The molecule has 3 aromatic rings. The molecule has 27 heavy (non-hydrogen) atoms. The smallest absolute Gasteiger partial charge is 0.416 e. The molecule has 140 valence electrons. The van der Waals surface area contributed by atoms with E-state index >= 15 is 0 Å². The zero-order chi connectivity index (χ0) is 19.3. The first kappa shape index (κ1) is 18.0. The third-order valence-corrected chi connectivity index (χ3v) is 5.12. The molecule has 1 aliphatic heterocycles. The SMILES string of the molecule is O=C(Nc1nc2ccc(C(F)(F)F)cc2s1)c1cc(Cl)cc(C2CO2)c1O. The average molecular weight is 415 g/mol. The second-order valence-corrected chi connectivity index (χ2v) is 7.33. The number of phenolic OH excluding ortho intramolecular Hbond substituents is 1. The number of nitrogens with zero attached hydrogens (tertiary/aromatic N) is 1. The van der Waals surface area contributed by atoms with Crippen molar-refractivity contribution in [2.75, 3.05) is 11.9 Å². The molecular weight excluding hydrogens is 405 g/mol. The number of epoxide rings is 1. The number of aromatic hydroxyl groups is 1. The number of alkyl halides is 3. The number of carbonyl (C=O) groups is 1. The van der Waals surface area contributed by atoms with Crippen LogP contribution in [0.5, 0.6) is 5.75 Å². The molecule has 1 aliphatic rings. The van der Waals surface area contributed by atoms with E-state index in [4.69, 9.17) is 16.3 Å². The molecule has 1 fully saturated rings. The fourth-order valence-corrected chi connectivity index (χ4v) is 3.71. The van der Waals surface area contributed by atoms with Gasteiger partial charge in [0.2, 0.25) is 0 Å². The van der Waals surface area contributed by atoms with Crippen LogP contribution in [0.1, 0.15) is 27.6 Å². The van der Waals surface area contributed by atoms with Gasteiger partial charge in [-0.3, -0.25) is 10.1 Å². The van der Waals surface area contributed by atoms with Crippen LogP contribution < -0.4 is 5.32 Å². The van der Waals surface area contributed by atoms with Gasteiger partial charge in [-0.15, -0.1) is 0 Å². The van der Waals surface area contributed by atoms with E-state index in [0.717, 1.165) is 23.5 Å². The summed E-state index contributed by atoms with van der Waals surface area (Å²) in [5.74, 6) is -0.924. The first-order valence-corrected chi connectivity index (χ1v) is 8.85. The third-order valence-electron chi connectivity index (χ3n) is 3.97. The van der Waals surface area contributed by atoms with Gasteiger partial charge in [0.1, 0.15) is 11.9 Å². The lowest BCUT2D eigenvalue weighted by Crippen LogP contribution is -2.12. The van der Waals surface area contributed by atoms with Crippen molar-refractivity contribution in [2.24, 2.45) is 0 Å². The van der Waals surface area contributed by atoms with Gasteiger partial charge < -0.3 is 9.84 Å². The first-order valence-electron chi connectivity index (χ1n) is 7.65. The quantitative estimate of drug-likeness (QED) is 0.591. The van der Waals surface area contributed by atoms with Crippen molar-refractivity contribution in [1.29, 1.82) is 0 Å². The maximum atomic E-state index is 12.8. The number of nitrogens with one attached hydrogen (secondary N) is 1. The van der Waals surface area contributed by atoms with Crippen LogP contribution in [0.2, 0.25) is 5.02 Å². The molecular formula is C17H10ClF3N2O3S. The van der Waals surface area contributed by atoms with Crippen LogP contribution in [-0.4, -0.2) is 22.6 Å². The zero-order valence-corrected chi connectivity index (χ0v) is 14.9. The van der Waals surface area contributed by atoms with Gasteiger partial charge in [0.05, 0.1) is 28.0 Å². The minimum absolute atomic E-state index is 0.0664. The lowest BCUT2D eigenvalue weighted by molar-refractivity contribution is -0.137. The van der Waals surface area contributed by atoms with Crippen molar-refractivity contribution < 1.29 is 27.8 Å². The number of benzene rings is 2. The molecule has 1 unspecified atom stereocenters. The molecule has 1 aromatic heterocycles. The van der Waals surface area contributed by atoms with Gasteiger partial charge in [-0.1, -0.05) is 22.9 Å². The molecule has 1 saturated heterocycles. The summed E-state index contributed by atoms with van der Waals surface area (Å²) in [5.41, 5.74) is -0.126. The summed E-state index contributed by atoms with van der Waals surface area (Å²) in [6.07, 6.45) is -4.77. The summed E-state index contributed by atoms with van der Waals surface area (Å²) in [4.78, 5) is 16.6. The number of hydrogen-bond acceptors (Lipinski definition) is 5. The summed E-state index contributed by atoms with van der Waals surface area (Å²) < 4.78 is 43.8. The Labute approximate surface area is 159 Å². The fraction of sp³-hybridized carbons (Fsp3) is 0.176. The van der Waals surface area contributed by atoms with Gasteiger partial charge in [0, 0.05) is 10.6 Å². The van der Waals surface area contributed by atoms with E-state index in [0.29, 0.717) is 17.7 Å². The van der Waals surface area contributed by atoms with E-state index < -0.39 is 17.6 Å². The van der Waals surface area contributed by atoms with Gasteiger partial charge in [0.15, 0.2) is 5.13 Å². The van der Waals surface area contributed by atoms with Crippen molar-refractivity contribution in [2.45, 2.75) is 12.3 Å². The van der Waals surface area contributed by atoms with Crippen molar-refractivity contribution in [1.82, 2.24) is 4.98 Å². The molecule has 0 spiro atoms. The molecule has 0 saturated carbocycles. The van der Waals surface area contributed by atoms with Crippen LogP contribution >= 0.6 is 22.9 Å². The third kappa shape index (κ3) is 3.58. The highest BCUT2D eigenvalue weighted by Gasteiger charge is 2.32. The molecule has 0 radical (unpaired) electrons. The van der Waals surface area contributed by atoms with E-state index in [1.165, 1.54) is 18.2 Å². The first-order chi connectivity index (χ1) is 12.7. The Morgan fingerprint density at radius 3 is 2.74 bits per heavy atom. The molecule has 1 atom stereocenters. The van der Waals surface area contributed by atoms with Crippen molar-refractivity contribution in [3.63, 3.8) is 0 Å². The van der Waals surface area contributed by atoms with Crippen LogP contribution in [0.4, 0.5) is 18.3 Å². The predicted octanol–water partition coefficient (Wildman–Crippen LogP) is 5.00. The Balaban J connectivity index is 1.63. The van der Waals surface area contributed by atoms with Gasteiger partial charge in [0.25, 0.3) is 5.91 Å². The van der Waals surface area contributed by atoms with Gasteiger partial charge >= 0.3 is 6.18 Å². The number of fused-ring (bicyclic) bond motifs is 1. The highest BCUT2D eigenvalue weighted by molar-refractivity contribution is 7.22. The minimum Gasteiger partial charge on any atom is -0.507 e. The summed E-state index contributed by atoms with van der Waals surface area (Å²) >= 11 is 6.90. The maximum absolute atomic E-state index is 12.8. The standard InChI is InChI=1S/C17H10ClF3N2O3S/c18-8-4-9(12-6-26-12)14(24)10(5-8)15(25)23-16-22-11-2-1-7(17(19,20)21)3-13(11)27-16/h1-5,12,24H,6H2,(H,22,23,25). The number of aromatic nitrogens is 1. The van der Waals surface area contributed by atoms with Gasteiger partial charge in [-0.2, -0.15) is 13.2 Å². The van der Waals surface area contributed by atoms with Gasteiger partial charge in [-0.25, -0.2) is 4.98 Å². The Bertz CT molecular complexity index is 1060. The molecule has 2 N–H and O–H groups in total. The Hall–Kier alpha value is -2.36. The van der Waals surface area contributed by atoms with Gasteiger partial charge in [-0.05, 0) is 30.3 Å². The number of rotatable bonds is 3. The molecule has 2 heterocycles. The highest BCUT2D eigenvalue weighted by Crippen LogP contribution is 2.40. The van der Waals surface area contributed by atoms with E-state index in [9.17, 15) is 23.1 Å². The summed E-state index contributed by atoms with van der Waals surface area (Å²) in [6, 6.07) is 5.96. The van der Waals surface area contributed by atoms with Crippen LogP contribution in [0.3, 0.4) is 0 Å². The lowest BCUT2D eigenvalue weighted by Gasteiger charge is -2.09. The normalized spacial score (nSPS) is 16.5. The topological polar surface area (TPSA) is 74.8 Å². The molecule has 2 aromatic carbocycles. The largest absolute Gasteiger partial charge is 0.507 e. The lowest BCUT2D eigenvalue weighted by atomic mass is 10.1. The van der Waals surface area contributed by atoms with E-state index in [1.54, 1.807) is 0 Å². The molecule has 1 amide bonds. The zero-order valence-electron chi connectivity index (χ0n) is 13.3. The second kappa shape index (κ2) is 6.36. The van der Waals surface area contributed by atoms with Crippen LogP contribution in [0.15, 0.2) is 30.3 Å². The molecule has 10 heteroatoms. The average Bonchev–Trinajstić information content (AvgIpc) is 3.35. The van der Waals surface area contributed by atoms with Crippen molar-refractivity contribution >= 4 is 44.2 Å². The molecule has 0 aliphatic carbocycles. The number of halogens is 4. The second-order valence-electron chi connectivity index (χ2n) is 5.87. The number of carbonyl (C=O) groups excluding carboxylic acids is 1. The number of thiazole rings is 1. The maximum Gasteiger partial charge on any atom is 0.416 e. The number of hydrogen-bond donors (Lipinski definition) is 2. The molecule has 0 bridgehead atoms. The summed E-state index contributed by atoms with van der Waals surface area (Å²) in [5, 5.41) is 13.1. The summed E-state index contributed by atoms with van der Waals surface area (Å²) in [6.45, 7) is 0.425. The Kier molecular flexibility index (Phi) is 4.25. The fourth-order valence-electron chi connectivity index (χ4n) is 2.59. The van der Waals surface area contributed by atoms with Crippen LogP contribution in [0.25, 0.3) is 10.2 Å². The van der Waals surface area contributed by atoms with E-state index in [2.05, 4.69) is 10.3 Å². The highest BCUT2D eigenvalue weighted by atomic mass is 35.5. The monoisotopic (exact) mass is 414 g/mol. The summed E-state index contributed by atoms with van der Waals surface area (Å²) in [7, 11) is 0. The van der Waals surface area contributed by atoms with Crippen LogP contribution in [0, 0.1) is 0 Å². The van der Waals surface area contributed by atoms with Crippen LogP contribution in [-0.2, 0) is 10.9 Å². The predicted molar refractivity (Wildman–Crippen MR) is 94.4 cm³/mol. The molecule has 5 nitrogen and oxygen atoms in total. The number of amides is 1. The van der Waals surface area contributed by atoms with Crippen molar-refractivity contribution in [3.8, 4) is 5.75 Å². The Morgan fingerprint density at radius 2 is 2.07 bits per heavy atom. The number of phenols is 1. The minimum atomic E-state index is -4.46. The van der Waals surface area contributed by atoms with Crippen molar-refractivity contribution in [3.05, 3.63) is 52.0 Å². The van der Waals surface area contributed by atoms with E-state index in [1.807, 2.05) is 0 Å². The Morgan fingerprint density at radius 1 is 1.33 bits per heavy atom. The van der Waals surface area contributed by atoms with E-state index in [-0.39, 0.29) is 32.3 Å². The number of anilines is 1. The molecule has 4 rings (SSSR count). The number of ether oxygens (including phenoxy) is 1.